The zero-order valence-electron chi connectivity index (χ0n) is 14.7. The molecule has 0 spiro atoms. The fraction of sp³-hybridized carbons (Fsp3) is 0.136. The average Bonchev–Trinajstić information content (AvgIpc) is 3.05. The van der Waals surface area contributed by atoms with E-state index < -0.39 is 0 Å². The van der Waals surface area contributed by atoms with Gasteiger partial charge in [-0.15, -0.1) is 0 Å². The number of aromatic hydroxyl groups is 1. The maximum atomic E-state index is 12.1. The average molecular weight is 348 g/mol. The van der Waals surface area contributed by atoms with Crippen molar-refractivity contribution in [2.24, 2.45) is 0 Å². The van der Waals surface area contributed by atoms with E-state index in [-0.39, 0.29) is 11.5 Å². The number of benzene rings is 2. The fourth-order valence-electron chi connectivity index (χ4n) is 2.65. The van der Waals surface area contributed by atoms with E-state index in [4.69, 9.17) is 9.15 Å². The van der Waals surface area contributed by atoms with Gasteiger partial charge in [-0.05, 0) is 73.5 Å². The van der Waals surface area contributed by atoms with Crippen LogP contribution in [-0.4, -0.2) is 10.9 Å². The van der Waals surface area contributed by atoms with Gasteiger partial charge in [-0.2, -0.15) is 0 Å². The van der Waals surface area contributed by atoms with Crippen molar-refractivity contribution in [2.75, 3.05) is 0 Å². The zero-order chi connectivity index (χ0) is 18.5. The van der Waals surface area contributed by atoms with Crippen LogP contribution in [0.25, 0.3) is 6.08 Å². The van der Waals surface area contributed by atoms with E-state index in [2.05, 4.69) is 6.07 Å². The van der Waals surface area contributed by atoms with Crippen LogP contribution in [0.1, 0.15) is 33.0 Å². The van der Waals surface area contributed by atoms with Crippen LogP contribution in [0.15, 0.2) is 65.1 Å². The lowest BCUT2D eigenvalue weighted by Crippen LogP contribution is -1.94. The lowest BCUT2D eigenvalue weighted by molar-refractivity contribution is 0.104. The molecule has 0 radical (unpaired) electrons. The third-order valence-electron chi connectivity index (χ3n) is 3.79. The van der Waals surface area contributed by atoms with Crippen LogP contribution < -0.4 is 4.74 Å². The van der Waals surface area contributed by atoms with Gasteiger partial charge in [0.1, 0.15) is 29.6 Å². The highest BCUT2D eigenvalue weighted by Crippen LogP contribution is 2.19. The Hall–Kier alpha value is -3.27. The van der Waals surface area contributed by atoms with Crippen molar-refractivity contribution in [3.63, 3.8) is 0 Å². The molecule has 0 fully saturated rings. The summed E-state index contributed by atoms with van der Waals surface area (Å²) in [7, 11) is 0. The summed E-state index contributed by atoms with van der Waals surface area (Å²) in [6.07, 6.45) is 3.02. The van der Waals surface area contributed by atoms with Gasteiger partial charge in [0.2, 0.25) is 0 Å². The lowest BCUT2D eigenvalue weighted by Gasteiger charge is -2.06. The lowest BCUT2D eigenvalue weighted by atomic mass is 10.1. The van der Waals surface area contributed by atoms with E-state index in [1.807, 2.05) is 32.0 Å². The highest BCUT2D eigenvalue weighted by Gasteiger charge is 2.05. The predicted molar refractivity (Wildman–Crippen MR) is 100 cm³/mol. The van der Waals surface area contributed by atoms with Crippen LogP contribution in [0.5, 0.6) is 11.5 Å². The van der Waals surface area contributed by atoms with Crippen LogP contribution in [0, 0.1) is 13.8 Å². The molecule has 0 unspecified atom stereocenters. The Balaban J connectivity index is 1.61. The monoisotopic (exact) mass is 348 g/mol. The van der Waals surface area contributed by atoms with E-state index in [0.29, 0.717) is 23.7 Å². The van der Waals surface area contributed by atoms with Gasteiger partial charge >= 0.3 is 0 Å². The molecule has 2 aromatic carbocycles. The number of carbonyl (C=O) groups excluding carboxylic acids is 1. The summed E-state index contributed by atoms with van der Waals surface area (Å²) in [5.74, 6) is 1.90. The standard InChI is InChI=1S/C22H20O4/c1-15-10-16(2)12-21(11-15)25-14-20-7-6-19(26-20)8-9-22(24)17-4-3-5-18(23)13-17/h3-13,23H,14H2,1-2H3/b9-8+. The maximum absolute atomic E-state index is 12.1. The first kappa shape index (κ1) is 17.5. The van der Waals surface area contributed by atoms with Crippen LogP contribution in [-0.2, 0) is 6.61 Å². The van der Waals surface area contributed by atoms with Crippen LogP contribution in [0.4, 0.5) is 0 Å². The molecular formula is C22H20O4. The van der Waals surface area contributed by atoms with E-state index in [0.717, 1.165) is 16.9 Å². The number of phenols is 1. The molecule has 0 atom stereocenters. The number of rotatable bonds is 6. The van der Waals surface area contributed by atoms with Gasteiger partial charge < -0.3 is 14.3 Å². The number of hydrogen-bond donors (Lipinski definition) is 1. The largest absolute Gasteiger partial charge is 0.508 e. The van der Waals surface area contributed by atoms with Gasteiger partial charge in [-0.3, -0.25) is 4.79 Å². The van der Waals surface area contributed by atoms with Gasteiger partial charge in [-0.1, -0.05) is 18.2 Å². The third-order valence-corrected chi connectivity index (χ3v) is 3.79. The molecule has 0 amide bonds. The quantitative estimate of drug-likeness (QED) is 0.499. The summed E-state index contributed by atoms with van der Waals surface area (Å²) in [6.45, 7) is 4.37. The minimum Gasteiger partial charge on any atom is -0.508 e. The molecule has 1 N–H and O–H groups in total. The molecule has 3 rings (SSSR count). The Morgan fingerprint density at radius 1 is 1.08 bits per heavy atom. The molecule has 1 aromatic heterocycles. The number of carbonyl (C=O) groups is 1. The van der Waals surface area contributed by atoms with Crippen LogP contribution >= 0.6 is 0 Å². The number of aryl methyl sites for hydroxylation is 2. The Morgan fingerprint density at radius 2 is 1.85 bits per heavy atom. The Bertz CT molecular complexity index is 930. The first-order valence-corrected chi connectivity index (χ1v) is 8.31. The zero-order valence-corrected chi connectivity index (χ0v) is 14.7. The topological polar surface area (TPSA) is 59.7 Å². The summed E-state index contributed by atoms with van der Waals surface area (Å²) in [4.78, 5) is 12.1. The van der Waals surface area contributed by atoms with Crippen LogP contribution in [0.2, 0.25) is 0 Å². The number of allylic oxidation sites excluding steroid dienone is 1. The van der Waals surface area contributed by atoms with Gasteiger partial charge in [0.25, 0.3) is 0 Å². The smallest absolute Gasteiger partial charge is 0.186 e. The maximum Gasteiger partial charge on any atom is 0.186 e. The first-order chi connectivity index (χ1) is 12.5. The van der Waals surface area contributed by atoms with Crippen molar-refractivity contribution >= 4 is 11.9 Å². The van der Waals surface area contributed by atoms with Crippen molar-refractivity contribution in [1.29, 1.82) is 0 Å². The molecule has 1 heterocycles. The molecule has 0 saturated heterocycles. The number of hydrogen-bond acceptors (Lipinski definition) is 4. The number of phenolic OH excluding ortho intramolecular Hbond substituents is 1. The molecule has 26 heavy (non-hydrogen) atoms. The number of furan rings is 1. The molecule has 0 bridgehead atoms. The molecule has 4 heteroatoms. The Morgan fingerprint density at radius 3 is 2.58 bits per heavy atom. The van der Waals surface area contributed by atoms with E-state index >= 15 is 0 Å². The molecule has 0 aliphatic rings. The summed E-state index contributed by atoms with van der Waals surface area (Å²) in [5, 5.41) is 9.43. The Kier molecular flexibility index (Phi) is 5.23. The second-order valence-electron chi connectivity index (χ2n) is 6.16. The number of ketones is 1. The van der Waals surface area contributed by atoms with Crippen molar-refractivity contribution < 1.29 is 19.1 Å². The van der Waals surface area contributed by atoms with E-state index in [1.54, 1.807) is 24.3 Å². The summed E-state index contributed by atoms with van der Waals surface area (Å²) in [6, 6.07) is 15.9. The van der Waals surface area contributed by atoms with Crippen LogP contribution in [0.3, 0.4) is 0 Å². The molecule has 3 aromatic rings. The van der Waals surface area contributed by atoms with Gasteiger partial charge in [-0.25, -0.2) is 0 Å². The fourth-order valence-corrected chi connectivity index (χ4v) is 2.65. The van der Waals surface area contributed by atoms with E-state index in [1.165, 1.54) is 18.2 Å². The van der Waals surface area contributed by atoms with Crippen molar-refractivity contribution in [3.05, 3.63) is 88.9 Å². The van der Waals surface area contributed by atoms with Crippen molar-refractivity contribution in [1.82, 2.24) is 0 Å². The summed E-state index contributed by atoms with van der Waals surface area (Å²) in [5.41, 5.74) is 2.72. The second-order valence-corrected chi connectivity index (χ2v) is 6.16. The molecular weight excluding hydrogens is 328 g/mol. The van der Waals surface area contributed by atoms with Crippen molar-refractivity contribution in [3.8, 4) is 11.5 Å². The predicted octanol–water partition coefficient (Wildman–Crippen LogP) is 5.08. The molecule has 0 aliphatic heterocycles. The van der Waals surface area contributed by atoms with Crippen molar-refractivity contribution in [2.45, 2.75) is 20.5 Å². The SMILES string of the molecule is Cc1cc(C)cc(OCc2ccc(/C=C/C(=O)c3cccc(O)c3)o2)c1. The Labute approximate surface area is 152 Å². The minimum absolute atomic E-state index is 0.0630. The van der Waals surface area contributed by atoms with Gasteiger partial charge in [0, 0.05) is 5.56 Å². The number of ether oxygens (including phenoxy) is 1. The van der Waals surface area contributed by atoms with E-state index in [9.17, 15) is 9.90 Å². The highest BCUT2D eigenvalue weighted by atomic mass is 16.5. The normalized spacial score (nSPS) is 11.0. The van der Waals surface area contributed by atoms with Gasteiger partial charge in [0.05, 0.1) is 0 Å². The minimum atomic E-state index is -0.203. The summed E-state index contributed by atoms with van der Waals surface area (Å²) < 4.78 is 11.4. The highest BCUT2D eigenvalue weighted by molar-refractivity contribution is 6.06. The molecule has 0 saturated carbocycles. The molecule has 0 aliphatic carbocycles. The third kappa shape index (κ3) is 4.63. The van der Waals surface area contributed by atoms with Gasteiger partial charge in [0.15, 0.2) is 5.78 Å². The first-order valence-electron chi connectivity index (χ1n) is 8.31. The second kappa shape index (κ2) is 7.74. The molecule has 132 valence electrons. The molecule has 4 nitrogen and oxygen atoms in total. The summed E-state index contributed by atoms with van der Waals surface area (Å²) >= 11 is 0.